The Hall–Kier alpha value is -2.60. The van der Waals surface area contributed by atoms with Gasteiger partial charge in [0.1, 0.15) is 11.4 Å². The maximum Gasteiger partial charge on any atom is 0.331 e. The van der Waals surface area contributed by atoms with Crippen LogP contribution in [-0.4, -0.2) is 39.0 Å². The monoisotopic (exact) mass is 604 g/mol. The number of ether oxygens (including phenoxy) is 1. The third kappa shape index (κ3) is 4.29. The number of phenols is 1. The van der Waals surface area contributed by atoms with Crippen LogP contribution in [0.3, 0.4) is 0 Å². The number of rotatable bonds is 4. The Balaban J connectivity index is 1.47. The third-order valence-electron chi connectivity index (χ3n) is 14.3. The number of hydrogen-bond acceptors (Lipinski definition) is 5. The van der Waals surface area contributed by atoms with Crippen LogP contribution in [0.5, 0.6) is 5.75 Å². The lowest BCUT2D eigenvalue weighted by atomic mass is 9.35. The van der Waals surface area contributed by atoms with Crippen molar-refractivity contribution in [3.63, 3.8) is 0 Å². The maximum absolute atomic E-state index is 13.9. The summed E-state index contributed by atoms with van der Waals surface area (Å²) >= 11 is 0. The number of hydrogen-bond donors (Lipinski definition) is 3. The SMILES string of the molecule is CC1CCC2(C(=O)O)CCC3(OC(=O)C=Cc4ccc(O)cc4)C(=CCC4C5(C)CCC(O)C(C)(C)C5CCC43C)C2C1C. The van der Waals surface area contributed by atoms with Crippen molar-refractivity contribution in [2.24, 2.45) is 51.2 Å². The number of fused-ring (bicyclic) bond motifs is 7. The molecule has 5 aliphatic carbocycles. The molecule has 0 amide bonds. The van der Waals surface area contributed by atoms with Crippen molar-refractivity contribution in [2.45, 2.75) is 111 Å². The number of aliphatic hydroxyl groups excluding tert-OH is 1. The Morgan fingerprint density at radius 3 is 2.30 bits per heavy atom. The second-order valence-corrected chi connectivity index (χ2v) is 16.3. The maximum atomic E-state index is 13.9. The zero-order valence-corrected chi connectivity index (χ0v) is 27.4. The molecule has 5 aliphatic rings. The van der Waals surface area contributed by atoms with Crippen molar-refractivity contribution in [1.29, 1.82) is 0 Å². The Kier molecular flexibility index (Phi) is 7.47. The number of aliphatic hydroxyl groups is 1. The quantitative estimate of drug-likeness (QED) is 0.184. The van der Waals surface area contributed by atoms with Gasteiger partial charge in [-0.2, -0.15) is 0 Å². The highest BCUT2D eigenvalue weighted by atomic mass is 16.6. The van der Waals surface area contributed by atoms with Gasteiger partial charge in [0.25, 0.3) is 0 Å². The topological polar surface area (TPSA) is 104 Å². The average molecular weight is 605 g/mol. The number of phenolic OH excluding ortho intramolecular Hbond substituents is 1. The summed E-state index contributed by atoms with van der Waals surface area (Å²) < 4.78 is 6.87. The van der Waals surface area contributed by atoms with Gasteiger partial charge in [-0.1, -0.05) is 59.8 Å². The standard InChI is InChI=1S/C38H52O6/c1-23-15-20-37(33(42)43)21-22-38(44-31(41)14-9-25-7-10-26(39)11-8-25)27(32(37)24(23)2)12-13-29-35(5)18-17-30(40)34(3,4)28(35)16-19-36(29,38)6/h7-12,14,23-24,28-30,32,39-40H,13,15-22H2,1-6H3,(H,42,43). The van der Waals surface area contributed by atoms with Crippen LogP contribution in [0.15, 0.2) is 42.0 Å². The van der Waals surface area contributed by atoms with Crippen LogP contribution in [0.25, 0.3) is 6.08 Å². The summed E-state index contributed by atoms with van der Waals surface area (Å²) in [5, 5.41) is 31.6. The molecular weight excluding hydrogens is 552 g/mol. The van der Waals surface area contributed by atoms with E-state index in [0.29, 0.717) is 31.1 Å². The van der Waals surface area contributed by atoms with E-state index in [1.165, 1.54) is 6.08 Å². The number of allylic oxidation sites excluding steroid dienone is 1. The fourth-order valence-corrected chi connectivity index (χ4v) is 11.6. The van der Waals surface area contributed by atoms with Gasteiger partial charge in [0.15, 0.2) is 0 Å². The van der Waals surface area contributed by atoms with Crippen LogP contribution < -0.4 is 0 Å². The summed E-state index contributed by atoms with van der Waals surface area (Å²) in [5.74, 6) is 0.0102. The number of aliphatic carboxylic acids is 1. The predicted octanol–water partition coefficient (Wildman–Crippen LogP) is 7.78. The molecule has 0 saturated heterocycles. The summed E-state index contributed by atoms with van der Waals surface area (Å²) in [4.78, 5) is 27.1. The number of carbonyl (C=O) groups excluding carboxylic acids is 1. The fourth-order valence-electron chi connectivity index (χ4n) is 11.6. The second kappa shape index (κ2) is 10.5. The van der Waals surface area contributed by atoms with Crippen molar-refractivity contribution >= 4 is 18.0 Å². The lowest BCUT2D eigenvalue weighted by Crippen LogP contribution is -2.69. The molecule has 1 aromatic rings. The van der Waals surface area contributed by atoms with E-state index in [4.69, 9.17) is 4.74 Å². The minimum absolute atomic E-state index is 0.0359. The number of carbonyl (C=O) groups is 2. The van der Waals surface area contributed by atoms with E-state index in [1.807, 2.05) is 0 Å². The Morgan fingerprint density at radius 2 is 1.61 bits per heavy atom. The fraction of sp³-hybridized carbons (Fsp3) is 0.684. The van der Waals surface area contributed by atoms with Crippen LogP contribution in [0.1, 0.15) is 105 Å². The number of carboxylic acids is 1. The van der Waals surface area contributed by atoms with E-state index in [9.17, 15) is 24.9 Å². The molecule has 4 saturated carbocycles. The number of carboxylic acid groups (broad SMARTS) is 1. The summed E-state index contributed by atoms with van der Waals surface area (Å²) in [6, 6.07) is 6.71. The molecule has 0 spiro atoms. The zero-order valence-electron chi connectivity index (χ0n) is 27.4. The van der Waals surface area contributed by atoms with E-state index < -0.39 is 23.0 Å². The molecule has 0 aliphatic heterocycles. The van der Waals surface area contributed by atoms with E-state index in [1.54, 1.807) is 30.3 Å². The highest BCUT2D eigenvalue weighted by Crippen LogP contribution is 2.74. The van der Waals surface area contributed by atoms with Crippen molar-refractivity contribution in [1.82, 2.24) is 0 Å². The van der Waals surface area contributed by atoms with Gasteiger partial charge in [-0.3, -0.25) is 4.79 Å². The van der Waals surface area contributed by atoms with Gasteiger partial charge in [0.05, 0.1) is 11.5 Å². The van der Waals surface area contributed by atoms with Gasteiger partial charge >= 0.3 is 11.9 Å². The molecule has 3 N–H and O–H groups in total. The first kappa shape index (κ1) is 31.4. The lowest BCUT2D eigenvalue weighted by Gasteiger charge is -2.70. The first-order chi connectivity index (χ1) is 20.6. The molecule has 10 atom stereocenters. The van der Waals surface area contributed by atoms with E-state index in [2.05, 4.69) is 47.6 Å². The van der Waals surface area contributed by atoms with Crippen LogP contribution in [0.2, 0.25) is 0 Å². The van der Waals surface area contributed by atoms with Gasteiger partial charge in [0, 0.05) is 17.4 Å². The smallest absolute Gasteiger partial charge is 0.331 e. The minimum atomic E-state index is -0.893. The molecule has 1 aromatic carbocycles. The molecule has 6 rings (SSSR count). The largest absolute Gasteiger partial charge is 0.508 e. The summed E-state index contributed by atoms with van der Waals surface area (Å²) in [7, 11) is 0. The van der Waals surface area contributed by atoms with Gasteiger partial charge in [-0.15, -0.1) is 0 Å². The minimum Gasteiger partial charge on any atom is -0.508 e. The molecule has 10 unspecified atom stereocenters. The molecule has 0 aromatic heterocycles. The highest BCUT2D eigenvalue weighted by molar-refractivity contribution is 5.88. The zero-order chi connectivity index (χ0) is 31.9. The van der Waals surface area contributed by atoms with Crippen LogP contribution in [0, 0.1) is 51.2 Å². The molecule has 240 valence electrons. The lowest BCUT2D eigenvalue weighted by molar-refractivity contribution is -0.238. The van der Waals surface area contributed by atoms with Gasteiger partial charge in [0.2, 0.25) is 0 Å². The molecule has 4 fully saturated rings. The molecule has 0 radical (unpaired) electrons. The van der Waals surface area contributed by atoms with Crippen molar-refractivity contribution < 1.29 is 29.6 Å². The van der Waals surface area contributed by atoms with E-state index in [-0.39, 0.29) is 45.9 Å². The first-order valence-corrected chi connectivity index (χ1v) is 16.9. The van der Waals surface area contributed by atoms with E-state index >= 15 is 0 Å². The van der Waals surface area contributed by atoms with Crippen LogP contribution in [-0.2, 0) is 14.3 Å². The Labute approximate surface area is 263 Å². The predicted molar refractivity (Wildman–Crippen MR) is 170 cm³/mol. The normalized spacial score (nSPS) is 44.4. The first-order valence-electron chi connectivity index (χ1n) is 16.9. The highest BCUT2D eigenvalue weighted by Gasteiger charge is 2.72. The third-order valence-corrected chi connectivity index (χ3v) is 14.3. The molecule has 44 heavy (non-hydrogen) atoms. The van der Waals surface area contributed by atoms with Crippen LogP contribution >= 0.6 is 0 Å². The Bertz CT molecular complexity index is 1380. The molecule has 6 nitrogen and oxygen atoms in total. The van der Waals surface area contributed by atoms with Crippen molar-refractivity contribution in [3.05, 3.63) is 47.6 Å². The number of esters is 1. The van der Waals surface area contributed by atoms with Gasteiger partial charge < -0.3 is 20.1 Å². The number of benzene rings is 1. The molecule has 0 heterocycles. The number of aromatic hydroxyl groups is 1. The summed E-state index contributed by atoms with van der Waals surface area (Å²) in [6.07, 6.45) is 12.2. The second-order valence-electron chi connectivity index (χ2n) is 16.3. The van der Waals surface area contributed by atoms with Crippen molar-refractivity contribution in [3.8, 4) is 5.75 Å². The van der Waals surface area contributed by atoms with Gasteiger partial charge in [-0.05, 0) is 122 Å². The summed E-state index contributed by atoms with van der Waals surface area (Å²) in [5.41, 5.74) is -0.480. The van der Waals surface area contributed by atoms with Crippen molar-refractivity contribution in [2.75, 3.05) is 0 Å². The van der Waals surface area contributed by atoms with Gasteiger partial charge in [-0.25, -0.2) is 4.79 Å². The molecule has 6 heteroatoms. The Morgan fingerprint density at radius 1 is 0.909 bits per heavy atom. The summed E-state index contributed by atoms with van der Waals surface area (Å²) in [6.45, 7) is 13.7. The van der Waals surface area contributed by atoms with E-state index in [0.717, 1.165) is 49.7 Å². The molecule has 0 bridgehead atoms. The van der Waals surface area contributed by atoms with Crippen LogP contribution in [0.4, 0.5) is 0 Å². The molecular formula is C38H52O6. The average Bonchev–Trinajstić information content (AvgIpc) is 2.97.